The maximum absolute atomic E-state index is 11.5. The van der Waals surface area contributed by atoms with E-state index in [0.29, 0.717) is 0 Å². The molecule has 0 radical (unpaired) electrons. The summed E-state index contributed by atoms with van der Waals surface area (Å²) in [7, 11) is 0. The summed E-state index contributed by atoms with van der Waals surface area (Å²) >= 11 is 3.36. The Kier molecular flexibility index (Phi) is 5.58. The molecule has 1 rings (SSSR count). The van der Waals surface area contributed by atoms with Crippen molar-refractivity contribution in [3.8, 4) is 0 Å². The number of hydrogen-bond donors (Lipinski definition) is 1. The Labute approximate surface area is 114 Å². The molecule has 4 nitrogen and oxygen atoms in total. The molecule has 5 heteroatoms. The van der Waals surface area contributed by atoms with Gasteiger partial charge in [-0.15, -0.1) is 0 Å². The maximum Gasteiger partial charge on any atom is 0.343 e. The van der Waals surface area contributed by atoms with Gasteiger partial charge in [0.15, 0.2) is 5.78 Å². The Bertz CT molecular complexity index is 483. The topological polar surface area (TPSA) is 55.4 Å². The Balaban J connectivity index is 2.88. The van der Waals surface area contributed by atoms with Gasteiger partial charge in [-0.05, 0) is 41.9 Å². The lowest BCUT2D eigenvalue weighted by Gasteiger charge is -2.06. The lowest BCUT2D eigenvalue weighted by Crippen LogP contribution is -2.15. The van der Waals surface area contributed by atoms with Gasteiger partial charge in [-0.25, -0.2) is 4.79 Å². The first-order chi connectivity index (χ1) is 8.56. The van der Waals surface area contributed by atoms with E-state index in [9.17, 15) is 9.59 Å². The molecule has 1 N–H and O–H groups in total. The molecule has 0 aliphatic rings. The summed E-state index contributed by atoms with van der Waals surface area (Å²) in [4.78, 5) is 22.9. The maximum atomic E-state index is 11.5. The zero-order valence-corrected chi connectivity index (χ0v) is 11.8. The smallest absolute Gasteiger partial charge is 0.343 e. The van der Waals surface area contributed by atoms with Gasteiger partial charge >= 0.3 is 5.97 Å². The summed E-state index contributed by atoms with van der Waals surface area (Å²) in [6, 6.07) is 7.40. The van der Waals surface area contributed by atoms with Crippen molar-refractivity contribution in [1.82, 2.24) is 0 Å². The highest BCUT2D eigenvalue weighted by Gasteiger charge is 2.15. The fraction of sp³-hybridized carbons (Fsp3) is 0.231. The number of nitrogens with one attached hydrogen (secondary N) is 1. The number of ketones is 1. The molecule has 0 atom stereocenters. The van der Waals surface area contributed by atoms with Gasteiger partial charge in [-0.2, -0.15) is 0 Å². The number of Topliss-reactive ketones (excluding diaryl/α,β-unsaturated/α-hetero) is 1. The zero-order chi connectivity index (χ0) is 13.5. The molecule has 0 bridgehead atoms. The standard InChI is InChI=1S/C13H14BrNO3/c1-3-18-13(17)10(9(2)16)8-15-12-7-5-4-6-11(12)14/h4-8,15H,3H2,1-2H3. The van der Waals surface area contributed by atoms with Crippen LogP contribution in [0.25, 0.3) is 0 Å². The molecular formula is C13H14BrNO3. The molecule has 0 saturated carbocycles. The zero-order valence-electron chi connectivity index (χ0n) is 10.2. The minimum atomic E-state index is -0.621. The van der Waals surface area contributed by atoms with Crippen molar-refractivity contribution >= 4 is 33.4 Å². The van der Waals surface area contributed by atoms with Crippen molar-refractivity contribution in [2.24, 2.45) is 0 Å². The predicted molar refractivity (Wildman–Crippen MR) is 73.2 cm³/mol. The average Bonchev–Trinajstić information content (AvgIpc) is 2.31. The SMILES string of the molecule is CCOC(=O)C(=CNc1ccccc1Br)C(C)=O. The number of anilines is 1. The molecule has 0 aliphatic heterocycles. The number of carbonyl (C=O) groups is 2. The Hall–Kier alpha value is -1.62. The van der Waals surface area contributed by atoms with Crippen molar-refractivity contribution in [3.63, 3.8) is 0 Å². The van der Waals surface area contributed by atoms with Crippen LogP contribution in [0.1, 0.15) is 13.8 Å². The minimum absolute atomic E-state index is 0.00685. The molecule has 1 aromatic rings. The molecular weight excluding hydrogens is 298 g/mol. The Morgan fingerprint density at radius 1 is 1.39 bits per heavy atom. The highest BCUT2D eigenvalue weighted by atomic mass is 79.9. The third-order valence-electron chi connectivity index (χ3n) is 2.12. The lowest BCUT2D eigenvalue weighted by atomic mass is 10.2. The number of carbonyl (C=O) groups excluding carboxylic acids is 2. The lowest BCUT2D eigenvalue weighted by molar-refractivity contribution is -0.139. The van der Waals surface area contributed by atoms with Crippen LogP contribution in [0.15, 0.2) is 40.5 Å². The van der Waals surface area contributed by atoms with Crippen molar-refractivity contribution in [2.45, 2.75) is 13.8 Å². The number of para-hydroxylation sites is 1. The van der Waals surface area contributed by atoms with E-state index in [1.165, 1.54) is 13.1 Å². The fourth-order valence-corrected chi connectivity index (χ4v) is 1.64. The number of ether oxygens (including phenoxy) is 1. The van der Waals surface area contributed by atoms with Gasteiger partial charge in [-0.3, -0.25) is 4.79 Å². The summed E-state index contributed by atoms with van der Waals surface area (Å²) in [5, 5.41) is 2.90. The van der Waals surface area contributed by atoms with Crippen molar-refractivity contribution in [1.29, 1.82) is 0 Å². The van der Waals surface area contributed by atoms with E-state index >= 15 is 0 Å². The van der Waals surface area contributed by atoms with E-state index in [1.807, 2.05) is 24.3 Å². The van der Waals surface area contributed by atoms with Crippen LogP contribution in [0.4, 0.5) is 5.69 Å². The molecule has 0 unspecified atom stereocenters. The van der Waals surface area contributed by atoms with E-state index in [4.69, 9.17) is 4.74 Å². The van der Waals surface area contributed by atoms with Crippen LogP contribution in [0, 0.1) is 0 Å². The highest BCUT2D eigenvalue weighted by Crippen LogP contribution is 2.21. The van der Waals surface area contributed by atoms with Gasteiger partial charge in [0.1, 0.15) is 5.57 Å². The first-order valence-electron chi connectivity index (χ1n) is 5.45. The molecule has 0 amide bonds. The first kappa shape index (κ1) is 14.4. The van der Waals surface area contributed by atoms with Crippen molar-refractivity contribution in [3.05, 3.63) is 40.5 Å². The van der Waals surface area contributed by atoms with Crippen LogP contribution in [0.3, 0.4) is 0 Å². The molecule has 18 heavy (non-hydrogen) atoms. The second-order valence-electron chi connectivity index (χ2n) is 3.46. The average molecular weight is 312 g/mol. The van der Waals surface area contributed by atoms with E-state index in [0.717, 1.165) is 10.2 Å². The second kappa shape index (κ2) is 6.96. The third kappa shape index (κ3) is 4.00. The first-order valence-corrected chi connectivity index (χ1v) is 6.24. The summed E-state index contributed by atoms with van der Waals surface area (Å²) in [5.74, 6) is -0.961. The van der Waals surface area contributed by atoms with Crippen molar-refractivity contribution in [2.75, 3.05) is 11.9 Å². The number of halogens is 1. The van der Waals surface area contributed by atoms with Gasteiger partial charge in [0.25, 0.3) is 0 Å². The molecule has 0 saturated heterocycles. The fourth-order valence-electron chi connectivity index (χ4n) is 1.24. The van der Waals surface area contributed by atoms with Crippen LogP contribution in [0.2, 0.25) is 0 Å². The number of benzene rings is 1. The number of rotatable bonds is 5. The molecule has 0 aromatic heterocycles. The second-order valence-corrected chi connectivity index (χ2v) is 4.31. The molecule has 0 heterocycles. The highest BCUT2D eigenvalue weighted by molar-refractivity contribution is 9.10. The van der Waals surface area contributed by atoms with Gasteiger partial charge in [0, 0.05) is 10.7 Å². The normalized spacial score (nSPS) is 10.9. The van der Waals surface area contributed by atoms with Gasteiger partial charge in [0.05, 0.1) is 12.3 Å². The van der Waals surface area contributed by atoms with E-state index in [1.54, 1.807) is 6.92 Å². The molecule has 1 aromatic carbocycles. The van der Waals surface area contributed by atoms with E-state index < -0.39 is 5.97 Å². The Morgan fingerprint density at radius 3 is 2.61 bits per heavy atom. The van der Waals surface area contributed by atoms with Crippen LogP contribution in [-0.2, 0) is 14.3 Å². The number of hydrogen-bond acceptors (Lipinski definition) is 4. The third-order valence-corrected chi connectivity index (χ3v) is 2.81. The summed E-state index contributed by atoms with van der Waals surface area (Å²) in [5.41, 5.74) is 0.758. The molecule has 0 spiro atoms. The quantitative estimate of drug-likeness (QED) is 0.393. The van der Waals surface area contributed by atoms with Crippen LogP contribution >= 0.6 is 15.9 Å². The summed E-state index contributed by atoms with van der Waals surface area (Å²) in [6.45, 7) is 3.25. The molecule has 96 valence electrons. The van der Waals surface area contributed by atoms with E-state index in [-0.39, 0.29) is 18.0 Å². The summed E-state index contributed by atoms with van der Waals surface area (Å²) < 4.78 is 5.64. The molecule has 0 aliphatic carbocycles. The van der Waals surface area contributed by atoms with E-state index in [2.05, 4.69) is 21.2 Å². The summed E-state index contributed by atoms with van der Waals surface area (Å²) in [6.07, 6.45) is 1.36. The Morgan fingerprint density at radius 2 is 2.06 bits per heavy atom. The largest absolute Gasteiger partial charge is 0.462 e. The van der Waals surface area contributed by atoms with Crippen LogP contribution in [-0.4, -0.2) is 18.4 Å². The molecule has 0 fully saturated rings. The van der Waals surface area contributed by atoms with Gasteiger partial charge < -0.3 is 10.1 Å². The van der Waals surface area contributed by atoms with Crippen LogP contribution in [0.5, 0.6) is 0 Å². The van der Waals surface area contributed by atoms with Gasteiger partial charge in [-0.1, -0.05) is 12.1 Å². The minimum Gasteiger partial charge on any atom is -0.462 e. The monoisotopic (exact) mass is 311 g/mol. The van der Waals surface area contributed by atoms with Crippen molar-refractivity contribution < 1.29 is 14.3 Å². The van der Waals surface area contributed by atoms with Crippen LogP contribution < -0.4 is 5.32 Å². The van der Waals surface area contributed by atoms with Gasteiger partial charge in [0.2, 0.25) is 0 Å². The predicted octanol–water partition coefficient (Wildman–Crippen LogP) is 2.90. The number of esters is 1.